The molecule has 2 aromatic carbocycles. The molecule has 3 aliphatic rings. The third kappa shape index (κ3) is 5.80. The van der Waals surface area contributed by atoms with E-state index in [1.54, 1.807) is 18.2 Å². The number of halogens is 2. The predicted octanol–water partition coefficient (Wildman–Crippen LogP) is 2.32. The molecule has 3 heterocycles. The topological polar surface area (TPSA) is 91.0 Å². The second-order valence-electron chi connectivity index (χ2n) is 9.79. The summed E-state index contributed by atoms with van der Waals surface area (Å²) in [6.07, 6.45) is -1.66. The van der Waals surface area contributed by atoms with Gasteiger partial charge in [0.2, 0.25) is 11.8 Å². The number of hydrogen-bond donors (Lipinski definition) is 2. The molecule has 10 heteroatoms. The van der Waals surface area contributed by atoms with Gasteiger partial charge < -0.3 is 15.0 Å². The van der Waals surface area contributed by atoms with Crippen molar-refractivity contribution in [3.63, 3.8) is 0 Å². The lowest BCUT2D eigenvalue weighted by molar-refractivity contribution is -0.136. The first-order chi connectivity index (χ1) is 17.9. The van der Waals surface area contributed by atoms with Crippen LogP contribution in [0, 0.1) is 0 Å². The minimum atomic E-state index is -2.45. The molecular weight excluding hydrogens is 482 g/mol. The second kappa shape index (κ2) is 10.9. The van der Waals surface area contributed by atoms with Gasteiger partial charge in [-0.2, -0.15) is 0 Å². The van der Waals surface area contributed by atoms with Crippen molar-refractivity contribution in [2.24, 2.45) is 0 Å². The van der Waals surface area contributed by atoms with Crippen LogP contribution in [0.3, 0.4) is 0 Å². The molecule has 3 aliphatic heterocycles. The fourth-order valence-electron chi connectivity index (χ4n) is 5.36. The SMILES string of the molecule is O=C1CCC(N2Cc3cc(OC4CN(Cc5ccccc5)CCC4NCC(F)F)ccc3C2=O)C(=O)N1. The third-order valence-electron chi connectivity index (χ3n) is 7.21. The van der Waals surface area contributed by atoms with Crippen molar-refractivity contribution in [1.29, 1.82) is 0 Å². The Balaban J connectivity index is 1.29. The maximum Gasteiger partial charge on any atom is 0.255 e. The van der Waals surface area contributed by atoms with E-state index >= 15 is 0 Å². The quantitative estimate of drug-likeness (QED) is 0.528. The average molecular weight is 513 g/mol. The molecule has 0 aromatic heterocycles. The van der Waals surface area contributed by atoms with Crippen molar-refractivity contribution in [3.8, 4) is 5.75 Å². The molecule has 2 fully saturated rings. The highest BCUT2D eigenvalue weighted by Gasteiger charge is 2.39. The summed E-state index contributed by atoms with van der Waals surface area (Å²) in [6.45, 7) is 1.91. The van der Waals surface area contributed by atoms with Gasteiger partial charge in [0.05, 0.1) is 6.54 Å². The smallest absolute Gasteiger partial charge is 0.255 e. The number of nitrogens with one attached hydrogen (secondary N) is 2. The van der Waals surface area contributed by atoms with Crippen LogP contribution in [0.5, 0.6) is 5.75 Å². The summed E-state index contributed by atoms with van der Waals surface area (Å²) < 4.78 is 32.2. The van der Waals surface area contributed by atoms with E-state index in [4.69, 9.17) is 4.74 Å². The molecule has 3 unspecified atom stereocenters. The summed E-state index contributed by atoms with van der Waals surface area (Å²) in [6, 6.07) is 14.3. The number of carbonyl (C=O) groups excluding carboxylic acids is 3. The van der Waals surface area contributed by atoms with Gasteiger partial charge in [-0.3, -0.25) is 24.6 Å². The standard InChI is InChI=1S/C27H30F2N4O4/c28-24(29)13-30-21-10-11-32(14-17-4-2-1-3-5-17)16-23(21)37-19-6-7-20-18(12-19)15-33(27(20)36)22-8-9-25(34)31-26(22)35/h1-7,12,21-24,30H,8-11,13-16H2,(H,31,34,35). The summed E-state index contributed by atoms with van der Waals surface area (Å²) in [4.78, 5) is 40.5. The fourth-order valence-corrected chi connectivity index (χ4v) is 5.36. The Labute approximate surface area is 213 Å². The van der Waals surface area contributed by atoms with Gasteiger partial charge in [0.25, 0.3) is 12.3 Å². The molecule has 0 bridgehead atoms. The molecule has 8 nitrogen and oxygen atoms in total. The molecule has 0 radical (unpaired) electrons. The minimum Gasteiger partial charge on any atom is -0.487 e. The van der Waals surface area contributed by atoms with E-state index in [2.05, 4.69) is 27.7 Å². The van der Waals surface area contributed by atoms with Crippen LogP contribution < -0.4 is 15.4 Å². The summed E-state index contributed by atoms with van der Waals surface area (Å²) >= 11 is 0. The van der Waals surface area contributed by atoms with E-state index in [-0.39, 0.29) is 36.9 Å². The van der Waals surface area contributed by atoms with Crippen molar-refractivity contribution >= 4 is 17.7 Å². The molecule has 37 heavy (non-hydrogen) atoms. The van der Waals surface area contributed by atoms with Crippen molar-refractivity contribution in [1.82, 2.24) is 20.4 Å². The van der Waals surface area contributed by atoms with Crippen molar-refractivity contribution in [3.05, 3.63) is 65.2 Å². The third-order valence-corrected chi connectivity index (χ3v) is 7.21. The lowest BCUT2D eigenvalue weighted by Gasteiger charge is -2.39. The highest BCUT2D eigenvalue weighted by molar-refractivity contribution is 6.05. The van der Waals surface area contributed by atoms with Crippen molar-refractivity contribution in [2.45, 2.75) is 57.0 Å². The first-order valence-corrected chi connectivity index (χ1v) is 12.6. The molecule has 3 amide bonds. The van der Waals surface area contributed by atoms with Crippen LogP contribution in [0.2, 0.25) is 0 Å². The van der Waals surface area contributed by atoms with Crippen molar-refractivity contribution in [2.75, 3.05) is 19.6 Å². The van der Waals surface area contributed by atoms with Crippen LogP contribution >= 0.6 is 0 Å². The van der Waals surface area contributed by atoms with E-state index in [1.807, 2.05) is 18.2 Å². The average Bonchev–Trinajstić information content (AvgIpc) is 3.19. The molecule has 0 spiro atoms. The lowest BCUT2D eigenvalue weighted by atomic mass is 10.0. The second-order valence-corrected chi connectivity index (χ2v) is 9.79. The van der Waals surface area contributed by atoms with E-state index in [0.29, 0.717) is 30.7 Å². The predicted molar refractivity (Wildman–Crippen MR) is 131 cm³/mol. The normalized spacial score (nSPS) is 24.4. The summed E-state index contributed by atoms with van der Waals surface area (Å²) in [5, 5.41) is 5.26. The zero-order valence-corrected chi connectivity index (χ0v) is 20.4. The van der Waals surface area contributed by atoms with Crippen molar-refractivity contribution < 1.29 is 27.9 Å². The van der Waals surface area contributed by atoms with Gasteiger partial charge in [0, 0.05) is 44.2 Å². The number of ether oxygens (including phenoxy) is 1. The number of likely N-dealkylation sites (tertiary alicyclic amines) is 1. The van der Waals surface area contributed by atoms with Crippen LogP contribution in [0.4, 0.5) is 8.78 Å². The first-order valence-electron chi connectivity index (χ1n) is 12.6. The Morgan fingerprint density at radius 3 is 2.65 bits per heavy atom. The monoisotopic (exact) mass is 512 g/mol. The van der Waals surface area contributed by atoms with E-state index < -0.39 is 24.9 Å². The first kappa shape index (κ1) is 25.3. The molecule has 2 aromatic rings. The maximum absolute atomic E-state index is 13.0. The van der Waals surface area contributed by atoms with Gasteiger partial charge >= 0.3 is 0 Å². The molecule has 196 valence electrons. The number of benzene rings is 2. The number of fused-ring (bicyclic) bond motifs is 1. The number of imide groups is 1. The molecule has 0 aliphatic carbocycles. The van der Waals surface area contributed by atoms with Gasteiger partial charge in [-0.1, -0.05) is 30.3 Å². The van der Waals surface area contributed by atoms with E-state index in [9.17, 15) is 23.2 Å². The van der Waals surface area contributed by atoms with Crippen LogP contribution in [-0.4, -0.2) is 71.8 Å². The summed E-state index contributed by atoms with van der Waals surface area (Å²) in [7, 11) is 0. The number of amides is 3. The molecule has 0 saturated carbocycles. The van der Waals surface area contributed by atoms with Crippen LogP contribution in [0.1, 0.15) is 40.7 Å². The largest absolute Gasteiger partial charge is 0.487 e. The van der Waals surface area contributed by atoms with Crippen LogP contribution in [0.25, 0.3) is 0 Å². The Morgan fingerprint density at radius 2 is 1.89 bits per heavy atom. The molecule has 2 N–H and O–H groups in total. The van der Waals surface area contributed by atoms with Gasteiger partial charge in [0.15, 0.2) is 0 Å². The maximum atomic E-state index is 13.0. The molecule has 5 rings (SSSR count). The van der Waals surface area contributed by atoms with E-state index in [0.717, 1.165) is 18.7 Å². The molecule has 2 saturated heterocycles. The van der Waals surface area contributed by atoms with Gasteiger partial charge in [-0.25, -0.2) is 8.78 Å². The van der Waals surface area contributed by atoms with Gasteiger partial charge in [-0.05, 0) is 42.2 Å². The van der Waals surface area contributed by atoms with Crippen LogP contribution in [-0.2, 0) is 22.7 Å². The Morgan fingerprint density at radius 1 is 1.08 bits per heavy atom. The zero-order valence-electron chi connectivity index (χ0n) is 20.4. The number of hydrogen-bond acceptors (Lipinski definition) is 6. The Bertz CT molecular complexity index is 1160. The molecule has 3 atom stereocenters. The highest BCUT2D eigenvalue weighted by Crippen LogP contribution is 2.31. The number of carbonyl (C=O) groups is 3. The summed E-state index contributed by atoms with van der Waals surface area (Å²) in [5.41, 5.74) is 2.41. The number of nitrogens with zero attached hydrogens (tertiary/aromatic N) is 2. The Hall–Kier alpha value is -3.37. The van der Waals surface area contributed by atoms with Gasteiger partial charge in [-0.15, -0.1) is 0 Å². The lowest BCUT2D eigenvalue weighted by Crippen LogP contribution is -2.55. The van der Waals surface area contributed by atoms with Crippen LogP contribution in [0.15, 0.2) is 48.5 Å². The number of rotatable bonds is 8. The zero-order chi connectivity index (χ0) is 25.9. The number of alkyl halides is 2. The molecular formula is C27H30F2N4O4. The minimum absolute atomic E-state index is 0.194. The fraction of sp³-hybridized carbons (Fsp3) is 0.444. The highest BCUT2D eigenvalue weighted by atomic mass is 19.3. The summed E-state index contributed by atoms with van der Waals surface area (Å²) in [5.74, 6) is -0.487. The Kier molecular flexibility index (Phi) is 7.48. The number of piperidine rings is 2. The van der Waals surface area contributed by atoms with E-state index in [1.165, 1.54) is 10.5 Å². The van der Waals surface area contributed by atoms with Gasteiger partial charge in [0.1, 0.15) is 17.9 Å².